The van der Waals surface area contributed by atoms with Gasteiger partial charge in [0.2, 0.25) is 5.91 Å². The maximum Gasteiger partial charge on any atom is 0.325 e. The molecule has 5 N–H and O–H groups in total. The first-order chi connectivity index (χ1) is 7.13. The molecule has 0 aromatic heterocycles. The lowest BCUT2D eigenvalue weighted by Gasteiger charge is -2.15. The van der Waals surface area contributed by atoms with Crippen molar-refractivity contribution < 1.29 is 24.2 Å². The molecule has 8 heteroatoms. The summed E-state index contributed by atoms with van der Waals surface area (Å²) in [4.78, 5) is 30.7. The molecule has 7 nitrogen and oxygen atoms in total. The molecule has 16 heavy (non-hydrogen) atoms. The molecule has 0 rings (SSSR count). The van der Waals surface area contributed by atoms with Gasteiger partial charge in [0.15, 0.2) is 7.37 Å². The van der Waals surface area contributed by atoms with Crippen molar-refractivity contribution in [1.29, 1.82) is 0 Å². The largest absolute Gasteiger partial charge is 0.480 e. The van der Waals surface area contributed by atoms with Gasteiger partial charge in [0.25, 0.3) is 0 Å². The molecule has 0 saturated carbocycles. The molecule has 1 amide bonds. The number of aliphatic carboxylic acids is 1. The van der Waals surface area contributed by atoms with Crippen LogP contribution in [0.2, 0.25) is 0 Å². The summed E-state index contributed by atoms with van der Waals surface area (Å²) in [5.41, 5.74) is 5.44. The van der Waals surface area contributed by atoms with E-state index in [0.29, 0.717) is 0 Å². The van der Waals surface area contributed by atoms with Gasteiger partial charge in [0, 0.05) is 12.8 Å². The van der Waals surface area contributed by atoms with E-state index >= 15 is 0 Å². The third-order valence-electron chi connectivity index (χ3n) is 1.92. The minimum Gasteiger partial charge on any atom is -0.480 e. The molecule has 0 saturated heterocycles. The number of nitrogens with one attached hydrogen (secondary N) is 1. The Morgan fingerprint density at radius 2 is 2.00 bits per heavy atom. The SMILES string of the molecule is CC(NC(=O)C(N)CCP(C)(=O)O)C(=O)O. The van der Waals surface area contributed by atoms with Crippen LogP contribution in [-0.2, 0) is 14.2 Å². The standard InChI is InChI=1S/C8H17N2O5P/c1-5(8(12)13)10-7(11)6(9)3-4-16(2,14)15/h5-6H,3-4,9H2,1-2H3,(H,10,11)(H,12,13)(H,14,15). The Balaban J connectivity index is 4.10. The number of carbonyl (C=O) groups excluding carboxylic acids is 1. The highest BCUT2D eigenvalue weighted by atomic mass is 31.2. The lowest BCUT2D eigenvalue weighted by molar-refractivity contribution is -0.141. The van der Waals surface area contributed by atoms with E-state index in [4.69, 9.17) is 15.7 Å². The zero-order valence-corrected chi connectivity index (χ0v) is 10.1. The molecule has 0 aromatic carbocycles. The van der Waals surface area contributed by atoms with Crippen molar-refractivity contribution in [3.05, 3.63) is 0 Å². The molecule has 0 radical (unpaired) electrons. The van der Waals surface area contributed by atoms with Crippen LogP contribution in [0.3, 0.4) is 0 Å². The average Bonchev–Trinajstić information content (AvgIpc) is 2.12. The van der Waals surface area contributed by atoms with Crippen LogP contribution in [0, 0.1) is 0 Å². The highest BCUT2D eigenvalue weighted by Crippen LogP contribution is 2.35. The van der Waals surface area contributed by atoms with Gasteiger partial charge in [-0.2, -0.15) is 0 Å². The Morgan fingerprint density at radius 1 is 1.50 bits per heavy atom. The Morgan fingerprint density at radius 3 is 2.38 bits per heavy atom. The molecule has 0 bridgehead atoms. The van der Waals surface area contributed by atoms with Crippen LogP contribution < -0.4 is 11.1 Å². The number of nitrogens with two attached hydrogens (primary N) is 1. The van der Waals surface area contributed by atoms with Gasteiger partial charge < -0.3 is 21.1 Å². The second-order valence-corrected chi connectivity index (χ2v) is 6.29. The number of rotatable bonds is 6. The Labute approximate surface area is 93.5 Å². The molecule has 3 atom stereocenters. The number of carboxylic acid groups (broad SMARTS) is 1. The number of amides is 1. The van der Waals surface area contributed by atoms with Crippen LogP contribution >= 0.6 is 7.37 Å². The highest BCUT2D eigenvalue weighted by Gasteiger charge is 2.21. The minimum atomic E-state index is -3.19. The van der Waals surface area contributed by atoms with Gasteiger partial charge in [-0.1, -0.05) is 0 Å². The summed E-state index contributed by atoms with van der Waals surface area (Å²) in [6.07, 6.45) is -0.0223. The Bertz CT molecular complexity index is 314. The normalized spacial score (nSPS) is 18.2. The molecular formula is C8H17N2O5P. The smallest absolute Gasteiger partial charge is 0.325 e. The van der Waals surface area contributed by atoms with Crippen molar-refractivity contribution in [3.63, 3.8) is 0 Å². The van der Waals surface area contributed by atoms with E-state index in [0.717, 1.165) is 0 Å². The summed E-state index contributed by atoms with van der Waals surface area (Å²) in [6, 6.07) is -2.00. The van der Waals surface area contributed by atoms with Crippen LogP contribution in [0.15, 0.2) is 0 Å². The van der Waals surface area contributed by atoms with Gasteiger partial charge in [-0.25, -0.2) is 0 Å². The maximum absolute atomic E-state index is 11.3. The molecular weight excluding hydrogens is 235 g/mol. The van der Waals surface area contributed by atoms with Crippen molar-refractivity contribution in [2.45, 2.75) is 25.4 Å². The maximum atomic E-state index is 11.3. The van der Waals surface area contributed by atoms with Crippen molar-refractivity contribution in [2.75, 3.05) is 12.8 Å². The van der Waals surface area contributed by atoms with Crippen LogP contribution in [-0.4, -0.2) is 46.8 Å². The summed E-state index contributed by atoms with van der Waals surface area (Å²) in [5.74, 6) is -1.80. The summed E-state index contributed by atoms with van der Waals surface area (Å²) in [6.45, 7) is 2.49. The van der Waals surface area contributed by atoms with E-state index in [-0.39, 0.29) is 12.6 Å². The third kappa shape index (κ3) is 6.55. The monoisotopic (exact) mass is 252 g/mol. The first kappa shape index (κ1) is 15.1. The van der Waals surface area contributed by atoms with Crippen molar-refractivity contribution in [3.8, 4) is 0 Å². The molecule has 0 heterocycles. The van der Waals surface area contributed by atoms with Crippen LogP contribution in [0.1, 0.15) is 13.3 Å². The fourth-order valence-corrected chi connectivity index (χ4v) is 1.65. The summed E-state index contributed by atoms with van der Waals surface area (Å²) < 4.78 is 10.9. The number of carbonyl (C=O) groups is 2. The van der Waals surface area contributed by atoms with Gasteiger partial charge in [0.05, 0.1) is 6.04 Å². The lowest BCUT2D eigenvalue weighted by Crippen LogP contribution is -2.47. The first-order valence-corrected chi connectivity index (χ1v) is 7.00. The van der Waals surface area contributed by atoms with Crippen molar-refractivity contribution >= 4 is 19.2 Å². The van der Waals surface area contributed by atoms with E-state index in [1.165, 1.54) is 13.6 Å². The molecule has 0 aliphatic rings. The van der Waals surface area contributed by atoms with Crippen LogP contribution in [0.4, 0.5) is 0 Å². The Hall–Kier alpha value is -0.910. The second kappa shape index (κ2) is 5.98. The van der Waals surface area contributed by atoms with Gasteiger partial charge >= 0.3 is 5.97 Å². The van der Waals surface area contributed by atoms with E-state index < -0.39 is 31.3 Å². The molecule has 0 aliphatic carbocycles. The summed E-state index contributed by atoms with van der Waals surface area (Å²) in [7, 11) is -3.19. The fourth-order valence-electron chi connectivity index (χ4n) is 0.892. The minimum absolute atomic E-state index is 0.0441. The van der Waals surface area contributed by atoms with Crippen LogP contribution in [0.25, 0.3) is 0 Å². The summed E-state index contributed by atoms with van der Waals surface area (Å²) >= 11 is 0. The Kier molecular flexibility index (Phi) is 5.64. The van der Waals surface area contributed by atoms with Gasteiger partial charge in [-0.3, -0.25) is 14.2 Å². The first-order valence-electron chi connectivity index (χ1n) is 4.71. The number of hydrogen-bond acceptors (Lipinski definition) is 4. The molecule has 0 aliphatic heterocycles. The topological polar surface area (TPSA) is 130 Å². The fraction of sp³-hybridized carbons (Fsp3) is 0.750. The predicted octanol–water partition coefficient (Wildman–Crippen LogP) is -0.807. The quantitative estimate of drug-likeness (QED) is 0.457. The summed E-state index contributed by atoms with van der Waals surface area (Å²) in [5, 5.41) is 10.7. The number of carboxylic acids is 1. The van der Waals surface area contributed by atoms with E-state index in [1.54, 1.807) is 0 Å². The zero-order valence-electron chi connectivity index (χ0n) is 9.21. The third-order valence-corrected chi connectivity index (χ3v) is 3.01. The van der Waals surface area contributed by atoms with Gasteiger partial charge in [-0.05, 0) is 13.3 Å². The second-order valence-electron chi connectivity index (χ2n) is 3.74. The molecule has 3 unspecified atom stereocenters. The van der Waals surface area contributed by atoms with E-state index in [2.05, 4.69) is 5.32 Å². The zero-order chi connectivity index (χ0) is 12.9. The van der Waals surface area contributed by atoms with E-state index in [1.807, 2.05) is 0 Å². The molecule has 0 spiro atoms. The van der Waals surface area contributed by atoms with Crippen molar-refractivity contribution in [1.82, 2.24) is 5.32 Å². The molecule has 94 valence electrons. The average molecular weight is 252 g/mol. The van der Waals surface area contributed by atoms with E-state index in [9.17, 15) is 14.2 Å². The van der Waals surface area contributed by atoms with Gasteiger partial charge in [0.1, 0.15) is 6.04 Å². The number of hydrogen-bond donors (Lipinski definition) is 4. The highest BCUT2D eigenvalue weighted by molar-refractivity contribution is 7.57. The van der Waals surface area contributed by atoms with Crippen molar-refractivity contribution in [2.24, 2.45) is 5.73 Å². The van der Waals surface area contributed by atoms with Crippen LogP contribution in [0.5, 0.6) is 0 Å². The molecule has 0 fully saturated rings. The molecule has 0 aromatic rings. The van der Waals surface area contributed by atoms with Gasteiger partial charge in [-0.15, -0.1) is 0 Å². The predicted molar refractivity (Wildman–Crippen MR) is 58.4 cm³/mol. The lowest BCUT2D eigenvalue weighted by atomic mass is 10.2.